The minimum Gasteiger partial charge on any atom is -0.346 e. The van der Waals surface area contributed by atoms with Crippen LogP contribution < -0.4 is 5.32 Å². The van der Waals surface area contributed by atoms with E-state index in [1.165, 1.54) is 0 Å². The number of nitrogens with one attached hydrogen (secondary N) is 1. The molecule has 1 aromatic carbocycles. The van der Waals surface area contributed by atoms with Crippen LogP contribution >= 0.6 is 0 Å². The standard InChI is InChI=1S/C13H11N2O/c16-13(11-6-2-1-3-7-11)15-10-12-8-4-5-9-14-12/h1-2,4-9H,10H2,(H,15,16). The van der Waals surface area contributed by atoms with Crippen molar-refractivity contribution in [3.63, 3.8) is 0 Å². The Morgan fingerprint density at radius 1 is 1.31 bits per heavy atom. The lowest BCUT2D eigenvalue weighted by Crippen LogP contribution is -2.23. The van der Waals surface area contributed by atoms with E-state index in [9.17, 15) is 4.79 Å². The van der Waals surface area contributed by atoms with Crippen molar-refractivity contribution in [2.24, 2.45) is 0 Å². The van der Waals surface area contributed by atoms with Crippen molar-refractivity contribution in [2.45, 2.75) is 6.54 Å². The maximum atomic E-state index is 11.7. The molecule has 0 unspecified atom stereocenters. The quantitative estimate of drug-likeness (QED) is 0.841. The van der Waals surface area contributed by atoms with Gasteiger partial charge in [0.1, 0.15) is 0 Å². The highest BCUT2D eigenvalue weighted by Gasteiger charge is 2.03. The maximum absolute atomic E-state index is 11.7. The molecule has 0 atom stereocenters. The number of benzene rings is 1. The van der Waals surface area contributed by atoms with Gasteiger partial charge in [-0.15, -0.1) is 0 Å². The van der Waals surface area contributed by atoms with Gasteiger partial charge >= 0.3 is 0 Å². The Hall–Kier alpha value is -2.16. The SMILES string of the molecule is O=C(NCc1ccccn1)c1c[c]ccc1. The molecule has 3 heteroatoms. The topological polar surface area (TPSA) is 42.0 Å². The molecule has 16 heavy (non-hydrogen) atoms. The van der Waals surface area contributed by atoms with E-state index < -0.39 is 0 Å². The van der Waals surface area contributed by atoms with Gasteiger partial charge in [-0.25, -0.2) is 0 Å². The molecule has 0 saturated carbocycles. The summed E-state index contributed by atoms with van der Waals surface area (Å²) in [4.78, 5) is 15.8. The summed E-state index contributed by atoms with van der Waals surface area (Å²) in [5.41, 5.74) is 1.45. The van der Waals surface area contributed by atoms with Crippen LogP contribution in [0.2, 0.25) is 0 Å². The van der Waals surface area contributed by atoms with Crippen LogP contribution in [0.1, 0.15) is 16.1 Å². The van der Waals surface area contributed by atoms with Gasteiger partial charge < -0.3 is 5.32 Å². The average Bonchev–Trinajstić information content (AvgIpc) is 2.38. The first-order valence-electron chi connectivity index (χ1n) is 5.00. The number of carbonyl (C=O) groups is 1. The summed E-state index contributed by atoms with van der Waals surface area (Å²) in [5.74, 6) is -0.109. The lowest BCUT2D eigenvalue weighted by molar-refractivity contribution is 0.0950. The lowest BCUT2D eigenvalue weighted by atomic mass is 10.2. The molecule has 1 radical (unpaired) electrons. The number of amides is 1. The molecular weight excluding hydrogens is 200 g/mol. The summed E-state index contributed by atoms with van der Waals surface area (Å²) in [6.07, 6.45) is 1.71. The van der Waals surface area contributed by atoms with Crippen molar-refractivity contribution in [1.29, 1.82) is 0 Å². The second kappa shape index (κ2) is 5.07. The normalized spacial score (nSPS) is 9.75. The predicted molar refractivity (Wildman–Crippen MR) is 60.7 cm³/mol. The zero-order valence-corrected chi connectivity index (χ0v) is 8.68. The van der Waals surface area contributed by atoms with Gasteiger partial charge in [-0.1, -0.05) is 18.2 Å². The van der Waals surface area contributed by atoms with Gasteiger partial charge in [0.05, 0.1) is 12.2 Å². The average molecular weight is 211 g/mol. The van der Waals surface area contributed by atoms with E-state index >= 15 is 0 Å². The molecule has 0 aliphatic carbocycles. The van der Waals surface area contributed by atoms with Gasteiger partial charge in [0, 0.05) is 11.8 Å². The van der Waals surface area contributed by atoms with E-state index in [1.807, 2.05) is 18.2 Å². The lowest BCUT2D eigenvalue weighted by Gasteiger charge is -2.03. The smallest absolute Gasteiger partial charge is 0.251 e. The van der Waals surface area contributed by atoms with Crippen molar-refractivity contribution in [3.05, 3.63) is 66.0 Å². The van der Waals surface area contributed by atoms with Crippen molar-refractivity contribution < 1.29 is 4.79 Å². The molecule has 0 spiro atoms. The maximum Gasteiger partial charge on any atom is 0.251 e. The fourth-order valence-corrected chi connectivity index (χ4v) is 1.31. The number of rotatable bonds is 3. The van der Waals surface area contributed by atoms with Crippen molar-refractivity contribution in [1.82, 2.24) is 10.3 Å². The predicted octanol–water partition coefficient (Wildman–Crippen LogP) is 1.81. The van der Waals surface area contributed by atoms with Crippen LogP contribution in [0, 0.1) is 6.07 Å². The fraction of sp³-hybridized carbons (Fsp3) is 0.0769. The zero-order chi connectivity index (χ0) is 11.2. The van der Waals surface area contributed by atoms with Gasteiger partial charge in [0.25, 0.3) is 5.91 Å². The van der Waals surface area contributed by atoms with E-state index in [-0.39, 0.29) is 5.91 Å². The van der Waals surface area contributed by atoms with E-state index in [0.29, 0.717) is 12.1 Å². The molecule has 2 rings (SSSR count). The number of hydrogen-bond acceptors (Lipinski definition) is 2. The summed E-state index contributed by atoms with van der Waals surface area (Å²) in [5, 5.41) is 2.79. The van der Waals surface area contributed by atoms with Gasteiger partial charge in [-0.3, -0.25) is 9.78 Å². The number of nitrogens with zero attached hydrogens (tertiary/aromatic N) is 1. The highest BCUT2D eigenvalue weighted by molar-refractivity contribution is 5.93. The van der Waals surface area contributed by atoms with Crippen LogP contribution in [0.3, 0.4) is 0 Å². The number of hydrogen-bond donors (Lipinski definition) is 1. The Kier molecular flexibility index (Phi) is 3.28. The molecule has 1 aromatic heterocycles. The molecule has 79 valence electrons. The van der Waals surface area contributed by atoms with Gasteiger partial charge in [0.15, 0.2) is 0 Å². The first-order chi connectivity index (χ1) is 7.86. The Bertz CT molecular complexity index is 454. The highest BCUT2D eigenvalue weighted by atomic mass is 16.1. The van der Waals surface area contributed by atoms with Gasteiger partial charge in [-0.05, 0) is 30.3 Å². The van der Waals surface area contributed by atoms with E-state index in [0.717, 1.165) is 5.69 Å². The van der Waals surface area contributed by atoms with Crippen LogP contribution in [-0.2, 0) is 6.54 Å². The largest absolute Gasteiger partial charge is 0.346 e. The Morgan fingerprint density at radius 3 is 2.94 bits per heavy atom. The number of carbonyl (C=O) groups excluding carboxylic acids is 1. The van der Waals surface area contributed by atoms with Gasteiger partial charge in [0.2, 0.25) is 0 Å². The van der Waals surface area contributed by atoms with Crippen molar-refractivity contribution in [2.75, 3.05) is 0 Å². The molecular formula is C13H11N2O. The molecule has 1 N–H and O–H groups in total. The van der Waals surface area contributed by atoms with E-state index in [4.69, 9.17) is 0 Å². The van der Waals surface area contributed by atoms with Gasteiger partial charge in [-0.2, -0.15) is 0 Å². The van der Waals surface area contributed by atoms with Crippen LogP contribution in [0.15, 0.2) is 48.7 Å². The third-order valence-electron chi connectivity index (χ3n) is 2.13. The number of aromatic nitrogens is 1. The fourth-order valence-electron chi connectivity index (χ4n) is 1.31. The molecule has 0 aliphatic rings. The Morgan fingerprint density at radius 2 is 2.25 bits per heavy atom. The molecule has 3 nitrogen and oxygen atoms in total. The Balaban J connectivity index is 1.95. The van der Waals surface area contributed by atoms with E-state index in [2.05, 4.69) is 16.4 Å². The van der Waals surface area contributed by atoms with Crippen LogP contribution in [0.25, 0.3) is 0 Å². The summed E-state index contributed by atoms with van der Waals surface area (Å²) in [6, 6.07) is 15.4. The summed E-state index contributed by atoms with van der Waals surface area (Å²) in [6.45, 7) is 0.439. The molecule has 1 amide bonds. The second-order valence-corrected chi connectivity index (χ2v) is 3.30. The minimum atomic E-state index is -0.109. The van der Waals surface area contributed by atoms with Crippen molar-refractivity contribution in [3.8, 4) is 0 Å². The monoisotopic (exact) mass is 211 g/mol. The van der Waals surface area contributed by atoms with Crippen molar-refractivity contribution >= 4 is 5.91 Å². The second-order valence-electron chi connectivity index (χ2n) is 3.30. The first kappa shape index (κ1) is 10.4. The molecule has 1 heterocycles. The summed E-state index contributed by atoms with van der Waals surface area (Å²) < 4.78 is 0. The molecule has 0 saturated heterocycles. The van der Waals surface area contributed by atoms with Crippen LogP contribution in [0.5, 0.6) is 0 Å². The molecule has 0 bridgehead atoms. The summed E-state index contributed by atoms with van der Waals surface area (Å²) >= 11 is 0. The number of pyridine rings is 1. The molecule has 0 aliphatic heterocycles. The first-order valence-corrected chi connectivity index (χ1v) is 5.00. The van der Waals surface area contributed by atoms with Crippen LogP contribution in [0.4, 0.5) is 0 Å². The highest BCUT2D eigenvalue weighted by Crippen LogP contribution is 1.98. The Labute approximate surface area is 94.1 Å². The molecule has 2 aromatic rings. The third kappa shape index (κ3) is 2.67. The zero-order valence-electron chi connectivity index (χ0n) is 8.68. The molecule has 0 fully saturated rings. The van der Waals surface area contributed by atoms with Crippen LogP contribution in [-0.4, -0.2) is 10.9 Å². The third-order valence-corrected chi connectivity index (χ3v) is 2.13. The summed E-state index contributed by atoms with van der Waals surface area (Å²) in [7, 11) is 0. The van der Waals surface area contributed by atoms with E-state index in [1.54, 1.807) is 30.5 Å². The minimum absolute atomic E-state index is 0.109.